The number of carbonyl (C=O) groups is 1. The second-order valence-electron chi connectivity index (χ2n) is 10.6. The molecule has 16 heteroatoms. The van der Waals surface area contributed by atoms with E-state index in [1.807, 2.05) is 67.6 Å². The maximum Gasteiger partial charge on any atom is 0.261 e. The summed E-state index contributed by atoms with van der Waals surface area (Å²) in [5.41, 5.74) is 15.0. The number of aromatic nitrogens is 3. The first kappa shape index (κ1) is 38.5. The number of anilines is 3. The number of pyridine rings is 1. The summed E-state index contributed by atoms with van der Waals surface area (Å²) in [6.07, 6.45) is 5.93. The maximum atomic E-state index is 12.9. The Bertz CT molecular complexity index is 1690. The summed E-state index contributed by atoms with van der Waals surface area (Å²) in [6, 6.07) is 19.3. The van der Waals surface area contributed by atoms with Crippen LogP contribution in [-0.4, -0.2) is 89.1 Å². The minimum absolute atomic E-state index is 0. The molecule has 0 saturated carbocycles. The van der Waals surface area contributed by atoms with Crippen LogP contribution in [0.1, 0.15) is 21.5 Å². The molecule has 14 nitrogen and oxygen atoms in total. The predicted molar refractivity (Wildman–Crippen MR) is 188 cm³/mol. The predicted octanol–water partition coefficient (Wildman–Crippen LogP) is 3.35. The van der Waals surface area contributed by atoms with Gasteiger partial charge in [0.25, 0.3) is 16.0 Å². The number of hydrogen-bond donors (Lipinski definition) is 6. The van der Waals surface area contributed by atoms with E-state index in [1.165, 1.54) is 5.56 Å². The lowest BCUT2D eigenvalue weighted by Gasteiger charge is -2.32. The molecule has 3 heterocycles. The highest BCUT2D eigenvalue weighted by atomic mass is 35.5. The summed E-state index contributed by atoms with van der Waals surface area (Å²) in [5, 5.41) is 12.3. The van der Waals surface area contributed by atoms with Gasteiger partial charge >= 0.3 is 0 Å². The molecule has 1 fully saturated rings. The molecule has 0 unspecified atom stereocenters. The molecule has 1 amide bonds. The third-order valence-corrected chi connectivity index (χ3v) is 6.57. The molecular formula is C31H41ClN10O4S. The van der Waals surface area contributed by atoms with Crippen molar-refractivity contribution in [2.45, 2.75) is 13.5 Å². The average molecular weight is 685 g/mol. The zero-order chi connectivity index (χ0) is 33.7. The van der Waals surface area contributed by atoms with Gasteiger partial charge in [0.15, 0.2) is 5.96 Å². The van der Waals surface area contributed by atoms with Crippen molar-refractivity contribution in [3.05, 3.63) is 95.9 Å². The SMILES string of the molecule is CS(=O)(=O)O.Cc1ccc(NC(=O)c2ccc(CN3CCN(C)CC3)cc2)cc1Nc1nccc(-c2cccnc2)n1.Cl.N=C(N)N. The normalized spacial score (nSPS) is 13.0. The minimum Gasteiger partial charge on any atom is -0.370 e. The van der Waals surface area contributed by atoms with Gasteiger partial charge in [-0.3, -0.25) is 24.6 Å². The Morgan fingerprint density at radius 2 is 1.66 bits per heavy atom. The molecule has 1 saturated heterocycles. The zero-order valence-electron chi connectivity index (χ0n) is 26.4. The van der Waals surface area contributed by atoms with Crippen molar-refractivity contribution < 1.29 is 17.8 Å². The number of aryl methyl sites for hydroxylation is 1. The fourth-order valence-electron chi connectivity index (χ4n) is 4.28. The standard InChI is InChI=1S/C29H31N7O.CH5N3.CH4O3S.ClH/c1-21-5-10-25(18-27(21)34-29-31-13-11-26(33-29)24-4-3-12-30-19-24)32-28(37)23-8-6-22(7-9-23)20-36-16-14-35(2)15-17-36;2-1(3)4;1-5(2,3)4;/h3-13,18-19H,14-17,20H2,1-2H3,(H,32,37)(H,31,33,34);(H5,2,3,4);1H3,(H,2,3,4);1H. The van der Waals surface area contributed by atoms with Crippen LogP contribution in [0, 0.1) is 12.3 Å². The van der Waals surface area contributed by atoms with Crippen molar-refractivity contribution in [3.63, 3.8) is 0 Å². The molecule has 1 aliphatic heterocycles. The average Bonchev–Trinajstić information content (AvgIpc) is 3.00. The maximum absolute atomic E-state index is 12.9. The molecule has 47 heavy (non-hydrogen) atoms. The minimum atomic E-state index is -3.67. The number of halogens is 1. The first-order valence-electron chi connectivity index (χ1n) is 14.2. The third-order valence-electron chi connectivity index (χ3n) is 6.57. The largest absolute Gasteiger partial charge is 0.370 e. The van der Waals surface area contributed by atoms with Crippen molar-refractivity contribution in [1.29, 1.82) is 5.41 Å². The van der Waals surface area contributed by atoms with Gasteiger partial charge in [0.1, 0.15) is 0 Å². The number of guanidine groups is 1. The van der Waals surface area contributed by atoms with E-state index in [9.17, 15) is 13.2 Å². The molecule has 8 N–H and O–H groups in total. The lowest BCUT2D eigenvalue weighted by atomic mass is 10.1. The molecular weight excluding hydrogens is 644 g/mol. The number of piperazine rings is 1. The first-order chi connectivity index (χ1) is 21.8. The summed E-state index contributed by atoms with van der Waals surface area (Å²) in [4.78, 5) is 30.9. The molecule has 4 aromatic rings. The van der Waals surface area contributed by atoms with Crippen LogP contribution in [0.25, 0.3) is 11.3 Å². The number of nitrogens with two attached hydrogens (primary N) is 2. The molecule has 0 spiro atoms. The van der Waals surface area contributed by atoms with Crippen LogP contribution in [-0.2, 0) is 16.7 Å². The summed E-state index contributed by atoms with van der Waals surface area (Å²) >= 11 is 0. The quantitative estimate of drug-likeness (QED) is 0.0938. The molecule has 252 valence electrons. The van der Waals surface area contributed by atoms with E-state index in [0.717, 1.165) is 55.2 Å². The Morgan fingerprint density at radius 1 is 1.02 bits per heavy atom. The second kappa shape index (κ2) is 18.5. The van der Waals surface area contributed by atoms with E-state index in [2.05, 4.69) is 53.9 Å². The molecule has 2 aromatic carbocycles. The highest BCUT2D eigenvalue weighted by molar-refractivity contribution is 7.85. The van der Waals surface area contributed by atoms with Gasteiger partial charge in [0.05, 0.1) is 11.9 Å². The van der Waals surface area contributed by atoms with Crippen LogP contribution in [0.2, 0.25) is 0 Å². The molecule has 1 aliphatic rings. The Kier molecular flexibility index (Phi) is 15.1. The van der Waals surface area contributed by atoms with Gasteiger partial charge in [-0.05, 0) is 67.6 Å². The van der Waals surface area contributed by atoms with Crippen LogP contribution in [0.5, 0.6) is 0 Å². The van der Waals surface area contributed by atoms with Crippen molar-refractivity contribution in [3.8, 4) is 11.3 Å². The zero-order valence-corrected chi connectivity index (χ0v) is 28.1. The Hall–Kier alpha value is -4.67. The fourth-order valence-corrected chi connectivity index (χ4v) is 4.28. The van der Waals surface area contributed by atoms with Gasteiger partial charge in [-0.25, -0.2) is 9.97 Å². The van der Waals surface area contributed by atoms with Crippen molar-refractivity contribution >= 4 is 51.7 Å². The molecule has 0 radical (unpaired) electrons. The van der Waals surface area contributed by atoms with E-state index in [-0.39, 0.29) is 24.3 Å². The Balaban J connectivity index is 0.000000682. The van der Waals surface area contributed by atoms with Crippen molar-refractivity contribution in [2.24, 2.45) is 11.5 Å². The van der Waals surface area contributed by atoms with Gasteiger partial charge in [0.2, 0.25) is 5.95 Å². The third kappa shape index (κ3) is 14.5. The number of nitrogens with one attached hydrogen (secondary N) is 3. The molecule has 0 atom stereocenters. The smallest absolute Gasteiger partial charge is 0.261 e. The van der Waals surface area contributed by atoms with Gasteiger partial charge < -0.3 is 27.0 Å². The number of hydrogen-bond acceptors (Lipinski definition) is 10. The second-order valence-corrected chi connectivity index (χ2v) is 12.0. The van der Waals surface area contributed by atoms with Gasteiger partial charge in [-0.2, -0.15) is 8.42 Å². The lowest BCUT2D eigenvalue weighted by Crippen LogP contribution is -2.43. The molecule has 0 bridgehead atoms. The van der Waals surface area contributed by atoms with Crippen LogP contribution in [0.15, 0.2) is 79.3 Å². The van der Waals surface area contributed by atoms with Crippen LogP contribution in [0.4, 0.5) is 17.3 Å². The topological polar surface area (TPSA) is 217 Å². The highest BCUT2D eigenvalue weighted by Crippen LogP contribution is 2.24. The summed E-state index contributed by atoms with van der Waals surface area (Å²) < 4.78 is 25.9. The monoisotopic (exact) mass is 684 g/mol. The number of nitrogens with zero attached hydrogens (tertiary/aromatic N) is 5. The molecule has 0 aliphatic carbocycles. The fraction of sp³-hybridized carbons (Fsp3) is 0.258. The van der Waals surface area contributed by atoms with Crippen LogP contribution < -0.4 is 22.1 Å². The summed E-state index contributed by atoms with van der Waals surface area (Å²) in [6.45, 7) is 7.24. The summed E-state index contributed by atoms with van der Waals surface area (Å²) in [7, 11) is -1.51. The Labute approximate surface area is 281 Å². The first-order valence-corrected chi connectivity index (χ1v) is 16.1. The number of benzene rings is 2. The van der Waals surface area contributed by atoms with Crippen molar-refractivity contribution in [2.75, 3.05) is 50.1 Å². The van der Waals surface area contributed by atoms with E-state index in [1.54, 1.807) is 18.6 Å². The van der Waals surface area contributed by atoms with E-state index in [4.69, 9.17) is 9.96 Å². The summed E-state index contributed by atoms with van der Waals surface area (Å²) in [5.74, 6) is -0.000330. The van der Waals surface area contributed by atoms with E-state index in [0.29, 0.717) is 23.5 Å². The Morgan fingerprint density at radius 3 is 2.26 bits per heavy atom. The lowest BCUT2D eigenvalue weighted by molar-refractivity contribution is 0.102. The highest BCUT2D eigenvalue weighted by Gasteiger charge is 2.14. The van der Waals surface area contributed by atoms with Crippen molar-refractivity contribution in [1.82, 2.24) is 24.8 Å². The van der Waals surface area contributed by atoms with Crippen LogP contribution >= 0.6 is 12.4 Å². The van der Waals surface area contributed by atoms with E-state index < -0.39 is 10.1 Å². The van der Waals surface area contributed by atoms with Crippen LogP contribution in [0.3, 0.4) is 0 Å². The number of carbonyl (C=O) groups excluding carboxylic acids is 1. The molecule has 2 aromatic heterocycles. The van der Waals surface area contributed by atoms with Gasteiger partial charge in [-0.1, -0.05) is 18.2 Å². The van der Waals surface area contributed by atoms with Gasteiger partial charge in [-0.15, -0.1) is 12.4 Å². The van der Waals surface area contributed by atoms with E-state index >= 15 is 0 Å². The molecule has 5 rings (SSSR count). The van der Waals surface area contributed by atoms with Gasteiger partial charge in [0, 0.05) is 73.8 Å². The number of likely N-dealkylation sites (N-methyl/N-ethyl adjacent to an activating group) is 1. The number of amides is 1. The number of rotatable bonds is 7.